The highest BCUT2D eigenvalue weighted by Crippen LogP contribution is 2.21. The smallest absolute Gasteiger partial charge is 0.241 e. The van der Waals surface area contributed by atoms with Crippen molar-refractivity contribution >= 4 is 11.6 Å². The van der Waals surface area contributed by atoms with Crippen molar-refractivity contribution in [2.45, 2.75) is 26.8 Å². The minimum Gasteiger partial charge on any atom is -0.508 e. The van der Waals surface area contributed by atoms with Gasteiger partial charge in [0.15, 0.2) is 0 Å². The molecule has 0 aliphatic rings. The van der Waals surface area contributed by atoms with Gasteiger partial charge in [0.05, 0.1) is 6.04 Å². The topological polar surface area (TPSA) is 75.4 Å². The molecule has 1 atom stereocenters. The highest BCUT2D eigenvalue weighted by atomic mass is 16.3. The second-order valence-electron chi connectivity index (χ2n) is 4.26. The number of hydrogen-bond donors (Lipinski definition) is 3. The van der Waals surface area contributed by atoms with E-state index in [2.05, 4.69) is 5.32 Å². The van der Waals surface area contributed by atoms with Crippen LogP contribution in [0.25, 0.3) is 0 Å². The summed E-state index contributed by atoms with van der Waals surface area (Å²) in [5.41, 5.74) is 7.03. The zero-order valence-electron chi connectivity index (χ0n) is 9.82. The van der Waals surface area contributed by atoms with Crippen LogP contribution in [-0.4, -0.2) is 17.1 Å². The summed E-state index contributed by atoms with van der Waals surface area (Å²) in [4.78, 5) is 11.6. The first-order valence-corrected chi connectivity index (χ1v) is 5.28. The van der Waals surface area contributed by atoms with E-state index in [1.807, 2.05) is 13.8 Å². The Morgan fingerprint density at radius 3 is 2.56 bits per heavy atom. The highest BCUT2D eigenvalue weighted by molar-refractivity contribution is 5.95. The fourth-order valence-corrected chi connectivity index (χ4v) is 1.22. The maximum atomic E-state index is 11.6. The number of aromatic hydroxyl groups is 1. The summed E-state index contributed by atoms with van der Waals surface area (Å²) in [6.45, 7) is 5.56. The molecule has 0 radical (unpaired) electrons. The van der Waals surface area contributed by atoms with Crippen molar-refractivity contribution in [3.63, 3.8) is 0 Å². The first-order valence-electron chi connectivity index (χ1n) is 5.28. The van der Waals surface area contributed by atoms with E-state index < -0.39 is 6.04 Å². The molecule has 88 valence electrons. The van der Waals surface area contributed by atoms with Crippen LogP contribution in [0, 0.1) is 12.8 Å². The normalized spacial score (nSPS) is 12.6. The predicted octanol–water partition coefficient (Wildman–Crippen LogP) is 1.62. The van der Waals surface area contributed by atoms with Gasteiger partial charge in [0.1, 0.15) is 5.75 Å². The molecule has 0 heterocycles. The third-order valence-corrected chi connectivity index (χ3v) is 2.50. The molecule has 16 heavy (non-hydrogen) atoms. The quantitative estimate of drug-likeness (QED) is 0.727. The zero-order valence-corrected chi connectivity index (χ0v) is 9.82. The van der Waals surface area contributed by atoms with Crippen LogP contribution < -0.4 is 11.1 Å². The van der Waals surface area contributed by atoms with Gasteiger partial charge in [-0.2, -0.15) is 0 Å². The number of nitrogens with two attached hydrogens (primary N) is 1. The largest absolute Gasteiger partial charge is 0.508 e. The number of nitrogens with one attached hydrogen (secondary N) is 1. The third kappa shape index (κ3) is 2.97. The SMILES string of the molecule is Cc1ccc(NC(=O)C(N)C(C)C)cc1O. The van der Waals surface area contributed by atoms with Crippen LogP contribution in [0.5, 0.6) is 5.75 Å². The Bertz CT molecular complexity index is 389. The molecule has 0 saturated carbocycles. The van der Waals surface area contributed by atoms with Crippen molar-refractivity contribution in [3.8, 4) is 5.75 Å². The van der Waals surface area contributed by atoms with Crippen molar-refractivity contribution in [2.75, 3.05) is 5.32 Å². The van der Waals surface area contributed by atoms with E-state index >= 15 is 0 Å². The molecule has 0 aliphatic carbocycles. The van der Waals surface area contributed by atoms with Gasteiger partial charge in [0.25, 0.3) is 0 Å². The van der Waals surface area contributed by atoms with Crippen LogP contribution in [0.3, 0.4) is 0 Å². The second-order valence-corrected chi connectivity index (χ2v) is 4.26. The second kappa shape index (κ2) is 4.99. The van der Waals surface area contributed by atoms with Gasteiger partial charge in [-0.3, -0.25) is 4.79 Å². The Kier molecular flexibility index (Phi) is 3.90. The molecule has 1 rings (SSSR count). The number of amides is 1. The van der Waals surface area contributed by atoms with Gasteiger partial charge in [-0.05, 0) is 24.5 Å². The molecule has 0 spiro atoms. The first kappa shape index (κ1) is 12.5. The number of carbonyl (C=O) groups is 1. The maximum absolute atomic E-state index is 11.6. The molecule has 1 aromatic rings. The summed E-state index contributed by atoms with van der Waals surface area (Å²) in [6.07, 6.45) is 0. The van der Waals surface area contributed by atoms with E-state index in [4.69, 9.17) is 5.73 Å². The minimum absolute atomic E-state index is 0.0824. The van der Waals surface area contributed by atoms with Gasteiger partial charge >= 0.3 is 0 Å². The fourth-order valence-electron chi connectivity index (χ4n) is 1.22. The fraction of sp³-hybridized carbons (Fsp3) is 0.417. The van der Waals surface area contributed by atoms with E-state index in [0.717, 1.165) is 5.56 Å². The van der Waals surface area contributed by atoms with E-state index in [1.54, 1.807) is 19.1 Å². The molecule has 0 bridgehead atoms. The Morgan fingerprint density at radius 1 is 1.44 bits per heavy atom. The van der Waals surface area contributed by atoms with Crippen LogP contribution >= 0.6 is 0 Å². The van der Waals surface area contributed by atoms with Crippen LogP contribution in [0.2, 0.25) is 0 Å². The molecule has 1 unspecified atom stereocenters. The number of hydrogen-bond acceptors (Lipinski definition) is 3. The molecular formula is C12H18N2O2. The molecule has 0 aromatic heterocycles. The van der Waals surface area contributed by atoms with E-state index in [1.165, 1.54) is 6.07 Å². The maximum Gasteiger partial charge on any atom is 0.241 e. The summed E-state index contributed by atoms with van der Waals surface area (Å²) in [5, 5.41) is 12.1. The van der Waals surface area contributed by atoms with Crippen LogP contribution in [0.1, 0.15) is 19.4 Å². The third-order valence-electron chi connectivity index (χ3n) is 2.50. The molecular weight excluding hydrogens is 204 g/mol. The number of phenolic OH excluding ortho intramolecular Hbond substituents is 1. The van der Waals surface area contributed by atoms with Crippen molar-refractivity contribution in [1.29, 1.82) is 0 Å². The van der Waals surface area contributed by atoms with Crippen LogP contribution in [-0.2, 0) is 4.79 Å². The predicted molar refractivity (Wildman–Crippen MR) is 64.3 cm³/mol. The first-order chi connectivity index (χ1) is 7.41. The minimum atomic E-state index is -0.538. The van der Waals surface area contributed by atoms with Gasteiger partial charge < -0.3 is 16.2 Å². The Labute approximate surface area is 95.5 Å². The number of aryl methyl sites for hydroxylation is 1. The Hall–Kier alpha value is -1.55. The van der Waals surface area contributed by atoms with Crippen molar-refractivity contribution < 1.29 is 9.90 Å². The molecule has 4 N–H and O–H groups in total. The van der Waals surface area contributed by atoms with Crippen LogP contribution in [0.15, 0.2) is 18.2 Å². The summed E-state index contributed by atoms with van der Waals surface area (Å²) in [7, 11) is 0. The standard InChI is InChI=1S/C12H18N2O2/c1-7(2)11(13)12(16)14-9-5-4-8(3)10(15)6-9/h4-7,11,15H,13H2,1-3H3,(H,14,16). The van der Waals surface area contributed by atoms with Gasteiger partial charge in [-0.25, -0.2) is 0 Å². The molecule has 0 saturated heterocycles. The average Bonchev–Trinajstić information content (AvgIpc) is 2.22. The average molecular weight is 222 g/mol. The van der Waals surface area contributed by atoms with Crippen LogP contribution in [0.4, 0.5) is 5.69 Å². The Balaban J connectivity index is 2.74. The monoisotopic (exact) mass is 222 g/mol. The van der Waals surface area contributed by atoms with Crippen molar-refractivity contribution in [2.24, 2.45) is 11.7 Å². The Morgan fingerprint density at radius 2 is 2.06 bits per heavy atom. The lowest BCUT2D eigenvalue weighted by atomic mass is 10.0. The lowest BCUT2D eigenvalue weighted by Gasteiger charge is -2.15. The highest BCUT2D eigenvalue weighted by Gasteiger charge is 2.17. The molecule has 4 heteroatoms. The number of phenols is 1. The van der Waals surface area contributed by atoms with E-state index in [-0.39, 0.29) is 17.6 Å². The van der Waals surface area contributed by atoms with E-state index in [9.17, 15) is 9.90 Å². The molecule has 1 amide bonds. The zero-order chi connectivity index (χ0) is 12.3. The lowest BCUT2D eigenvalue weighted by Crippen LogP contribution is -2.39. The number of rotatable bonds is 3. The van der Waals surface area contributed by atoms with Crippen molar-refractivity contribution in [3.05, 3.63) is 23.8 Å². The number of anilines is 1. The van der Waals surface area contributed by atoms with Gasteiger partial charge in [-0.15, -0.1) is 0 Å². The lowest BCUT2D eigenvalue weighted by molar-refractivity contribution is -0.118. The molecule has 0 fully saturated rings. The van der Waals surface area contributed by atoms with Gasteiger partial charge in [-0.1, -0.05) is 19.9 Å². The van der Waals surface area contributed by atoms with Gasteiger partial charge in [0.2, 0.25) is 5.91 Å². The summed E-state index contributed by atoms with van der Waals surface area (Å²) >= 11 is 0. The van der Waals surface area contributed by atoms with Gasteiger partial charge in [0, 0.05) is 11.8 Å². The molecule has 1 aromatic carbocycles. The number of carbonyl (C=O) groups excluding carboxylic acids is 1. The van der Waals surface area contributed by atoms with Crippen molar-refractivity contribution in [1.82, 2.24) is 0 Å². The molecule has 0 aliphatic heterocycles. The molecule has 4 nitrogen and oxygen atoms in total. The summed E-state index contributed by atoms with van der Waals surface area (Å²) in [6, 6.07) is 4.45. The summed E-state index contributed by atoms with van der Waals surface area (Å²) < 4.78 is 0. The summed E-state index contributed by atoms with van der Waals surface area (Å²) in [5.74, 6) is 0.00761. The van der Waals surface area contributed by atoms with E-state index in [0.29, 0.717) is 5.69 Å². The number of benzene rings is 1.